The van der Waals surface area contributed by atoms with Crippen LogP contribution in [0.15, 0.2) is 18.2 Å². The zero-order valence-corrected chi connectivity index (χ0v) is 12.2. The highest BCUT2D eigenvalue weighted by Gasteiger charge is 2.38. The van der Waals surface area contributed by atoms with Crippen LogP contribution in [-0.2, 0) is 9.59 Å². The first-order valence-electron chi connectivity index (χ1n) is 5.43. The van der Waals surface area contributed by atoms with Crippen molar-refractivity contribution in [3.8, 4) is 0 Å². The van der Waals surface area contributed by atoms with Crippen LogP contribution in [0.5, 0.6) is 0 Å². The van der Waals surface area contributed by atoms with Crippen LogP contribution in [0, 0.1) is 0 Å². The first-order chi connectivity index (χ1) is 9.98. The van der Waals surface area contributed by atoms with Gasteiger partial charge in [-0.1, -0.05) is 23.2 Å². The molecule has 124 valence electrons. The van der Waals surface area contributed by atoms with Crippen molar-refractivity contribution in [2.24, 2.45) is 5.73 Å². The molecule has 0 saturated heterocycles. The van der Waals surface area contributed by atoms with Crippen molar-refractivity contribution in [3.63, 3.8) is 0 Å². The second-order valence-corrected chi connectivity index (χ2v) is 4.53. The Hall–Kier alpha value is -1.71. The maximum absolute atomic E-state index is 12.4. The predicted molar refractivity (Wildman–Crippen MR) is 74.3 cm³/mol. The molecule has 0 saturated carbocycles. The number of nitrogens with two attached hydrogens (primary N) is 1. The van der Waals surface area contributed by atoms with Crippen molar-refractivity contribution in [1.29, 1.82) is 0 Å². The first-order valence-corrected chi connectivity index (χ1v) is 6.19. The van der Waals surface area contributed by atoms with Crippen molar-refractivity contribution in [1.82, 2.24) is 0 Å². The fourth-order valence-corrected chi connectivity index (χ4v) is 1.36. The van der Waals surface area contributed by atoms with E-state index >= 15 is 0 Å². The number of hydrogen-bond acceptors (Lipinski definition) is 4. The van der Waals surface area contributed by atoms with Gasteiger partial charge in [-0.3, -0.25) is 0 Å². The number of nitrogens with one attached hydrogen (secondary N) is 1. The van der Waals surface area contributed by atoms with E-state index in [4.69, 9.17) is 48.7 Å². The van der Waals surface area contributed by atoms with E-state index in [1.54, 1.807) is 0 Å². The highest BCUT2D eigenvalue weighted by Crippen LogP contribution is 2.28. The number of carboxylic acids is 2. The van der Waals surface area contributed by atoms with E-state index in [1.165, 1.54) is 18.2 Å². The van der Waals surface area contributed by atoms with Crippen molar-refractivity contribution in [3.05, 3.63) is 28.2 Å². The summed E-state index contributed by atoms with van der Waals surface area (Å²) in [6, 6.07) is 2.33. The quantitative estimate of drug-likeness (QED) is 0.614. The number of halogens is 5. The largest absolute Gasteiger partial charge is 0.473 e. The summed E-state index contributed by atoms with van der Waals surface area (Å²) in [5.74, 6) is -3.65. The molecule has 6 nitrogen and oxygen atoms in total. The Kier molecular flexibility index (Phi) is 7.99. The molecule has 0 aliphatic heterocycles. The van der Waals surface area contributed by atoms with Crippen LogP contribution in [0.25, 0.3) is 0 Å². The molecule has 0 bridgehead atoms. The van der Waals surface area contributed by atoms with E-state index in [0.29, 0.717) is 0 Å². The average molecular weight is 363 g/mol. The van der Waals surface area contributed by atoms with Gasteiger partial charge in [0.25, 0.3) is 0 Å². The van der Waals surface area contributed by atoms with Crippen LogP contribution < -0.4 is 11.1 Å². The first kappa shape index (κ1) is 20.3. The minimum atomic E-state index is -4.40. The van der Waals surface area contributed by atoms with E-state index in [9.17, 15) is 13.2 Å². The maximum atomic E-state index is 12.4. The molecule has 22 heavy (non-hydrogen) atoms. The summed E-state index contributed by atoms with van der Waals surface area (Å²) in [5.41, 5.74) is 5.26. The van der Waals surface area contributed by atoms with Crippen LogP contribution >= 0.6 is 23.2 Å². The number of carboxylic acid groups (broad SMARTS) is 2. The molecule has 0 fully saturated rings. The van der Waals surface area contributed by atoms with Gasteiger partial charge in [0.1, 0.15) is 6.04 Å². The van der Waals surface area contributed by atoms with Crippen molar-refractivity contribution < 1.29 is 33.0 Å². The van der Waals surface area contributed by atoms with E-state index in [0.717, 1.165) is 0 Å². The lowest BCUT2D eigenvalue weighted by molar-refractivity contribution is -0.159. The SMILES string of the molecule is NCC(Nc1ccc(Cl)c(Cl)c1)C(F)(F)F.O=C(O)C(=O)O. The maximum Gasteiger partial charge on any atom is 0.414 e. The van der Waals surface area contributed by atoms with Crippen LogP contribution in [0.2, 0.25) is 10.0 Å². The summed E-state index contributed by atoms with van der Waals surface area (Å²) in [5, 5.41) is 17.5. The second-order valence-electron chi connectivity index (χ2n) is 3.71. The number of carbonyl (C=O) groups is 2. The van der Waals surface area contributed by atoms with Crippen LogP contribution in [-0.4, -0.2) is 40.9 Å². The third-order valence-corrected chi connectivity index (χ3v) is 2.81. The predicted octanol–water partition coefficient (Wildman–Crippen LogP) is 2.45. The highest BCUT2D eigenvalue weighted by atomic mass is 35.5. The second kappa shape index (κ2) is 8.66. The summed E-state index contributed by atoms with van der Waals surface area (Å²) >= 11 is 11.3. The number of hydrogen-bond donors (Lipinski definition) is 4. The minimum Gasteiger partial charge on any atom is -0.473 e. The van der Waals surface area contributed by atoms with E-state index in [2.05, 4.69) is 5.32 Å². The van der Waals surface area contributed by atoms with Crippen molar-refractivity contribution in [2.75, 3.05) is 11.9 Å². The molecule has 1 rings (SSSR count). The summed E-state index contributed by atoms with van der Waals surface area (Å²) in [6.07, 6.45) is -4.40. The Balaban J connectivity index is 0.000000626. The molecule has 0 radical (unpaired) electrons. The normalized spacial score (nSPS) is 11.9. The van der Waals surface area contributed by atoms with Gasteiger partial charge in [0.05, 0.1) is 10.0 Å². The Morgan fingerprint density at radius 1 is 1.18 bits per heavy atom. The van der Waals surface area contributed by atoms with Gasteiger partial charge in [0, 0.05) is 12.2 Å². The molecular weight excluding hydrogens is 352 g/mol. The molecule has 0 heterocycles. The average Bonchev–Trinajstić information content (AvgIpc) is 2.39. The summed E-state index contributed by atoms with van der Waals surface area (Å²) in [6.45, 7) is -0.552. The lowest BCUT2D eigenvalue weighted by Crippen LogP contribution is -2.42. The number of benzene rings is 1. The smallest absolute Gasteiger partial charge is 0.414 e. The fraction of sp³-hybridized carbons (Fsp3) is 0.273. The van der Waals surface area contributed by atoms with Crippen LogP contribution in [0.4, 0.5) is 18.9 Å². The Morgan fingerprint density at radius 2 is 1.68 bits per heavy atom. The van der Waals surface area contributed by atoms with Gasteiger partial charge in [-0.25, -0.2) is 9.59 Å². The minimum absolute atomic E-state index is 0.185. The van der Waals surface area contributed by atoms with Gasteiger partial charge < -0.3 is 21.3 Å². The number of alkyl halides is 3. The molecule has 1 atom stereocenters. The van der Waals surface area contributed by atoms with E-state index < -0.39 is 30.7 Å². The Labute approximate surface area is 132 Å². The molecule has 0 aliphatic rings. The van der Waals surface area contributed by atoms with Crippen molar-refractivity contribution in [2.45, 2.75) is 12.2 Å². The third kappa shape index (κ3) is 7.34. The molecule has 11 heteroatoms. The molecule has 1 aromatic carbocycles. The highest BCUT2D eigenvalue weighted by molar-refractivity contribution is 6.42. The molecule has 1 unspecified atom stereocenters. The zero-order valence-electron chi connectivity index (χ0n) is 10.7. The van der Waals surface area contributed by atoms with E-state index in [-0.39, 0.29) is 15.7 Å². The molecule has 0 amide bonds. The van der Waals surface area contributed by atoms with Crippen LogP contribution in [0.3, 0.4) is 0 Å². The van der Waals surface area contributed by atoms with Gasteiger partial charge >= 0.3 is 18.1 Å². The van der Waals surface area contributed by atoms with Crippen LogP contribution in [0.1, 0.15) is 0 Å². The number of aliphatic carboxylic acids is 2. The third-order valence-electron chi connectivity index (χ3n) is 2.07. The summed E-state index contributed by atoms with van der Waals surface area (Å²) in [4.78, 5) is 18.2. The van der Waals surface area contributed by atoms with Gasteiger partial charge in [-0.15, -0.1) is 0 Å². The van der Waals surface area contributed by atoms with Gasteiger partial charge in [0.15, 0.2) is 0 Å². The zero-order chi connectivity index (χ0) is 17.5. The van der Waals surface area contributed by atoms with Gasteiger partial charge in [0.2, 0.25) is 0 Å². The van der Waals surface area contributed by atoms with Crippen molar-refractivity contribution >= 4 is 40.8 Å². The molecule has 0 aliphatic carbocycles. The van der Waals surface area contributed by atoms with Gasteiger partial charge in [-0.05, 0) is 18.2 Å². The van der Waals surface area contributed by atoms with Gasteiger partial charge in [-0.2, -0.15) is 13.2 Å². The molecule has 0 aromatic heterocycles. The summed E-state index contributed by atoms with van der Waals surface area (Å²) < 4.78 is 37.2. The monoisotopic (exact) mass is 362 g/mol. The Morgan fingerprint density at radius 3 is 2.00 bits per heavy atom. The lowest BCUT2D eigenvalue weighted by atomic mass is 10.2. The standard InChI is InChI=1S/C9H9Cl2F3N2.C2H2O4/c10-6-2-1-5(3-7(6)11)16-8(4-15)9(12,13)14;3-1(4)2(5)6/h1-3,8,16H,4,15H2;(H,3,4)(H,5,6). The van der Waals surface area contributed by atoms with E-state index in [1.807, 2.05) is 0 Å². The number of anilines is 1. The summed E-state index contributed by atoms with van der Waals surface area (Å²) in [7, 11) is 0. The molecule has 0 spiro atoms. The fourth-order valence-electron chi connectivity index (χ4n) is 1.06. The molecule has 5 N–H and O–H groups in total. The Bertz CT molecular complexity index is 529. The lowest BCUT2D eigenvalue weighted by Gasteiger charge is -2.21. The number of rotatable bonds is 3. The molecular formula is C11H11Cl2F3N2O4. The topological polar surface area (TPSA) is 113 Å². The molecule has 1 aromatic rings.